The molecule has 144 valence electrons. The Balaban J connectivity index is 1.77. The van der Waals surface area contributed by atoms with Gasteiger partial charge in [-0.25, -0.2) is 4.79 Å². The Morgan fingerprint density at radius 3 is 2.68 bits per heavy atom. The topological polar surface area (TPSA) is 78.6 Å². The maximum absolute atomic E-state index is 13.2. The predicted octanol–water partition coefficient (Wildman–Crippen LogP) is 4.00. The van der Waals surface area contributed by atoms with Crippen molar-refractivity contribution in [1.82, 2.24) is 0 Å². The molecule has 2 heterocycles. The first kappa shape index (κ1) is 18.5. The molecule has 5 nitrogen and oxygen atoms in total. The predicted molar refractivity (Wildman–Crippen MR) is 106 cm³/mol. The van der Waals surface area contributed by atoms with E-state index in [0.717, 1.165) is 10.4 Å². The standard InChI is InChI=1S/C22H21NO4S/c1-2-26-22(25)20-19(17-9-6-10-28-17)18-15(24)11-14(12-16(18)27-21(20)23)13-7-4-3-5-8-13/h3-10,14,19H,2,11-12,23H2,1H3/t14-,19+/m0/s1. The summed E-state index contributed by atoms with van der Waals surface area (Å²) < 4.78 is 11.0. The van der Waals surface area contributed by atoms with Crippen LogP contribution < -0.4 is 5.73 Å². The number of benzene rings is 1. The molecule has 4 rings (SSSR count). The van der Waals surface area contributed by atoms with Gasteiger partial charge >= 0.3 is 5.97 Å². The van der Waals surface area contributed by atoms with Gasteiger partial charge in [-0.15, -0.1) is 11.3 Å². The number of hydrogen-bond donors (Lipinski definition) is 1. The summed E-state index contributed by atoms with van der Waals surface area (Å²) in [6, 6.07) is 13.7. The van der Waals surface area contributed by atoms with Gasteiger partial charge in [-0.2, -0.15) is 0 Å². The fourth-order valence-electron chi connectivity index (χ4n) is 3.92. The average Bonchev–Trinajstić information content (AvgIpc) is 3.22. The van der Waals surface area contributed by atoms with Crippen LogP contribution in [0.25, 0.3) is 0 Å². The highest BCUT2D eigenvalue weighted by molar-refractivity contribution is 7.10. The van der Waals surface area contributed by atoms with E-state index < -0.39 is 11.9 Å². The number of hydrogen-bond acceptors (Lipinski definition) is 6. The number of ether oxygens (including phenoxy) is 2. The summed E-state index contributed by atoms with van der Waals surface area (Å²) in [7, 11) is 0. The molecule has 0 saturated carbocycles. The minimum atomic E-state index is -0.539. The van der Waals surface area contributed by atoms with Crippen LogP contribution in [0, 0.1) is 0 Å². The minimum Gasteiger partial charge on any atom is -0.462 e. The average molecular weight is 395 g/mol. The quantitative estimate of drug-likeness (QED) is 0.792. The summed E-state index contributed by atoms with van der Waals surface area (Å²) in [6.07, 6.45) is 0.952. The van der Waals surface area contributed by atoms with Gasteiger partial charge in [0.15, 0.2) is 5.78 Å². The first-order valence-electron chi connectivity index (χ1n) is 9.29. The van der Waals surface area contributed by atoms with Gasteiger partial charge in [0.2, 0.25) is 5.88 Å². The SMILES string of the molecule is CCOC(=O)C1=C(N)OC2=C(C(=O)C[C@H](c3ccccc3)C2)[C@H]1c1cccs1. The molecule has 0 unspecified atom stereocenters. The van der Waals surface area contributed by atoms with Crippen LogP contribution in [0.5, 0.6) is 0 Å². The molecule has 2 atom stereocenters. The number of ketones is 1. The lowest BCUT2D eigenvalue weighted by Gasteiger charge is -2.34. The Hall–Kier alpha value is -2.86. The van der Waals surface area contributed by atoms with Crippen LogP contribution >= 0.6 is 11.3 Å². The number of rotatable bonds is 4. The highest BCUT2D eigenvalue weighted by Gasteiger charge is 2.43. The summed E-state index contributed by atoms with van der Waals surface area (Å²) in [5.41, 5.74) is 8.01. The van der Waals surface area contributed by atoms with E-state index in [-0.39, 0.29) is 29.8 Å². The largest absolute Gasteiger partial charge is 0.462 e. The number of thiophene rings is 1. The fourth-order valence-corrected chi connectivity index (χ4v) is 4.76. The van der Waals surface area contributed by atoms with Crippen molar-refractivity contribution in [2.75, 3.05) is 6.61 Å². The van der Waals surface area contributed by atoms with Crippen molar-refractivity contribution in [1.29, 1.82) is 0 Å². The van der Waals surface area contributed by atoms with E-state index in [1.165, 1.54) is 11.3 Å². The second kappa shape index (κ2) is 7.64. The molecule has 1 aromatic heterocycles. The molecule has 2 N–H and O–H groups in total. The molecule has 28 heavy (non-hydrogen) atoms. The molecule has 1 aliphatic carbocycles. The Labute approximate surface area is 167 Å². The van der Waals surface area contributed by atoms with Crippen molar-refractivity contribution < 1.29 is 19.1 Å². The maximum atomic E-state index is 13.2. The lowest BCUT2D eigenvalue weighted by atomic mass is 9.75. The Bertz CT molecular complexity index is 960. The Morgan fingerprint density at radius 1 is 1.21 bits per heavy atom. The summed E-state index contributed by atoms with van der Waals surface area (Å²) in [5, 5.41) is 1.92. The molecule has 1 aromatic carbocycles. The van der Waals surface area contributed by atoms with Crippen molar-refractivity contribution in [3.63, 3.8) is 0 Å². The molecule has 1 aliphatic heterocycles. The highest BCUT2D eigenvalue weighted by atomic mass is 32.1. The Morgan fingerprint density at radius 2 is 2.00 bits per heavy atom. The van der Waals surface area contributed by atoms with E-state index in [0.29, 0.717) is 24.2 Å². The van der Waals surface area contributed by atoms with Gasteiger partial charge < -0.3 is 15.2 Å². The summed E-state index contributed by atoms with van der Waals surface area (Å²) in [6.45, 7) is 1.96. The molecule has 2 aromatic rings. The number of carbonyl (C=O) groups excluding carboxylic acids is 2. The van der Waals surface area contributed by atoms with Gasteiger partial charge in [-0.1, -0.05) is 36.4 Å². The zero-order valence-electron chi connectivity index (χ0n) is 15.5. The molecule has 0 amide bonds. The number of carbonyl (C=O) groups is 2. The number of Topliss-reactive ketones (excluding diaryl/α,β-unsaturated/α-hetero) is 1. The molecule has 0 radical (unpaired) electrons. The second-order valence-electron chi connectivity index (χ2n) is 6.82. The molecule has 0 bridgehead atoms. The van der Waals surface area contributed by atoms with E-state index in [2.05, 4.69) is 0 Å². The Kier molecular flexibility index (Phi) is 5.05. The fraction of sp³-hybridized carbons (Fsp3) is 0.273. The smallest absolute Gasteiger partial charge is 0.340 e. The lowest BCUT2D eigenvalue weighted by molar-refractivity contribution is -0.139. The van der Waals surface area contributed by atoms with E-state index in [1.54, 1.807) is 6.92 Å². The molecule has 0 saturated heterocycles. The zero-order valence-corrected chi connectivity index (χ0v) is 16.3. The van der Waals surface area contributed by atoms with Gasteiger partial charge in [0.1, 0.15) is 11.3 Å². The number of allylic oxidation sites excluding steroid dienone is 2. The van der Waals surface area contributed by atoms with Crippen LogP contribution in [-0.4, -0.2) is 18.4 Å². The summed E-state index contributed by atoms with van der Waals surface area (Å²) in [5.74, 6) is -0.461. The van der Waals surface area contributed by atoms with Crippen LogP contribution in [0.4, 0.5) is 0 Å². The van der Waals surface area contributed by atoms with Gasteiger partial charge in [0, 0.05) is 23.3 Å². The normalized spacial score (nSPS) is 22.0. The number of nitrogens with two attached hydrogens (primary N) is 1. The molecule has 2 aliphatic rings. The highest BCUT2D eigenvalue weighted by Crippen LogP contribution is 2.48. The van der Waals surface area contributed by atoms with Gasteiger partial charge in [-0.3, -0.25) is 4.79 Å². The van der Waals surface area contributed by atoms with E-state index in [9.17, 15) is 9.59 Å². The van der Waals surface area contributed by atoms with Gasteiger partial charge in [-0.05, 0) is 29.9 Å². The molecule has 6 heteroatoms. The third-order valence-corrected chi connectivity index (χ3v) is 6.07. The van der Waals surface area contributed by atoms with Gasteiger partial charge in [0.05, 0.1) is 12.5 Å². The van der Waals surface area contributed by atoms with Crippen molar-refractivity contribution >= 4 is 23.1 Å². The molecular formula is C22H21NO4S. The van der Waals surface area contributed by atoms with E-state index in [4.69, 9.17) is 15.2 Å². The monoisotopic (exact) mass is 395 g/mol. The first-order valence-corrected chi connectivity index (χ1v) is 10.2. The van der Waals surface area contributed by atoms with Crippen LogP contribution in [0.1, 0.15) is 42.0 Å². The summed E-state index contributed by atoms with van der Waals surface area (Å²) in [4.78, 5) is 26.7. The van der Waals surface area contributed by atoms with Crippen molar-refractivity contribution in [2.45, 2.75) is 31.6 Å². The maximum Gasteiger partial charge on any atom is 0.340 e. The van der Waals surface area contributed by atoms with Crippen LogP contribution in [-0.2, 0) is 19.1 Å². The molecular weight excluding hydrogens is 374 g/mol. The van der Waals surface area contributed by atoms with Crippen molar-refractivity contribution in [3.05, 3.63) is 81.1 Å². The third kappa shape index (κ3) is 3.24. The first-order chi connectivity index (χ1) is 13.6. The van der Waals surface area contributed by atoms with E-state index >= 15 is 0 Å². The van der Waals surface area contributed by atoms with Crippen LogP contribution in [0.3, 0.4) is 0 Å². The summed E-state index contributed by atoms with van der Waals surface area (Å²) >= 11 is 1.49. The minimum absolute atomic E-state index is 0.0113. The van der Waals surface area contributed by atoms with Crippen LogP contribution in [0.2, 0.25) is 0 Å². The third-order valence-electron chi connectivity index (χ3n) is 5.13. The van der Waals surface area contributed by atoms with Crippen molar-refractivity contribution in [3.8, 4) is 0 Å². The van der Waals surface area contributed by atoms with E-state index in [1.807, 2.05) is 47.8 Å². The molecule has 0 spiro atoms. The van der Waals surface area contributed by atoms with Crippen LogP contribution in [0.15, 0.2) is 70.6 Å². The molecule has 0 fully saturated rings. The second-order valence-corrected chi connectivity index (χ2v) is 7.80. The number of esters is 1. The lowest BCUT2D eigenvalue weighted by Crippen LogP contribution is -2.32. The van der Waals surface area contributed by atoms with Gasteiger partial charge in [0.25, 0.3) is 0 Å². The zero-order chi connectivity index (χ0) is 19.7. The van der Waals surface area contributed by atoms with Crippen molar-refractivity contribution in [2.24, 2.45) is 5.73 Å².